The van der Waals surface area contributed by atoms with Crippen LogP contribution in [0.25, 0.3) is 0 Å². The average molecular weight is 595 g/mol. The van der Waals surface area contributed by atoms with E-state index in [1.165, 1.54) is 0 Å². The Hall–Kier alpha value is -4.20. The first kappa shape index (κ1) is 28.9. The molecule has 0 radical (unpaired) electrons. The number of nitrogens with one attached hydrogen (secondary N) is 1. The molecule has 43 heavy (non-hydrogen) atoms. The molecule has 0 bridgehead atoms. The third-order valence-corrected chi connectivity index (χ3v) is 8.33. The summed E-state index contributed by atoms with van der Waals surface area (Å²) in [7, 11) is 0. The van der Waals surface area contributed by atoms with Crippen LogP contribution in [0.2, 0.25) is 0 Å². The number of hydrogen-bond donors (Lipinski definition) is 2. The van der Waals surface area contributed by atoms with E-state index < -0.39 is 23.1 Å². The number of nitrogens with zero attached hydrogens (tertiary/aromatic N) is 5. The number of piperidine rings is 1. The number of anilines is 1. The summed E-state index contributed by atoms with van der Waals surface area (Å²) in [4.78, 5) is 41.3. The number of allylic oxidation sites excluding steroid dienone is 1. The molecule has 1 aromatic carbocycles. The average Bonchev–Trinajstić information content (AvgIpc) is 3.28. The van der Waals surface area contributed by atoms with E-state index in [1.807, 2.05) is 18.7 Å². The molecule has 1 aromatic heterocycles. The quantitative estimate of drug-likeness (QED) is 0.398. The van der Waals surface area contributed by atoms with E-state index in [4.69, 9.17) is 15.6 Å². The molecular formula is C30H31F3N7O3+. The van der Waals surface area contributed by atoms with Gasteiger partial charge in [0.15, 0.2) is 0 Å². The van der Waals surface area contributed by atoms with Gasteiger partial charge in [-0.05, 0) is 62.6 Å². The molecule has 2 aromatic rings. The lowest BCUT2D eigenvalue weighted by molar-refractivity contribution is -0.750. The number of likely N-dealkylation sites (tertiary alicyclic amines) is 1. The van der Waals surface area contributed by atoms with Crippen molar-refractivity contribution in [1.82, 2.24) is 9.88 Å². The highest BCUT2D eigenvalue weighted by atomic mass is 19.4. The smallest absolute Gasteiger partial charge is 0.379 e. The monoisotopic (exact) mass is 594 g/mol. The number of ether oxygens (including phenoxy) is 1. The number of fused-ring (bicyclic) bond motifs is 1. The van der Waals surface area contributed by atoms with E-state index in [-0.39, 0.29) is 27.8 Å². The number of carbonyl (C=O) groups excluding carboxylic acids is 2. The second-order valence-electron chi connectivity index (χ2n) is 11.6. The van der Waals surface area contributed by atoms with Gasteiger partial charge in [-0.2, -0.15) is 24.0 Å². The molecule has 2 fully saturated rings. The molecule has 6 rings (SSSR count). The zero-order valence-corrected chi connectivity index (χ0v) is 23.7. The Kier molecular flexibility index (Phi) is 7.06. The lowest BCUT2D eigenvalue weighted by Crippen LogP contribution is -2.55. The predicted molar refractivity (Wildman–Crippen MR) is 152 cm³/mol. The molecule has 3 N–H and O–H groups in total. The Morgan fingerprint density at radius 2 is 2.00 bits per heavy atom. The first-order valence-electron chi connectivity index (χ1n) is 13.9. The zero-order chi connectivity index (χ0) is 30.6. The molecule has 10 nitrogen and oxygen atoms in total. The molecule has 13 heteroatoms. The lowest BCUT2D eigenvalue weighted by Gasteiger charge is -2.42. The number of quaternary nitrogens is 1. The van der Waals surface area contributed by atoms with Crippen molar-refractivity contribution in [2.24, 2.45) is 27.2 Å². The normalized spacial score (nSPS) is 24.4. The standard InChI is InChI=1S/C30H30F3N7O3/c1-18-12-19(27(41)37-24-13-21(7-8-36-24)30(31,32)33)5-6-22(18)26-38-25(23-14-35-9-11-40(23,26)34)20-4-3-10-39(15-20)28(42)29(2)16-43-17-29/h5-9,11-14,20H,3-4,10,15-17,34H2,1-2H3/p+1. The van der Waals surface area contributed by atoms with Gasteiger partial charge >= 0.3 is 6.18 Å². The maximum Gasteiger partial charge on any atom is 0.416 e. The molecule has 4 aliphatic heterocycles. The number of hydrogen-bond acceptors (Lipinski definition) is 7. The number of aromatic nitrogens is 1. The summed E-state index contributed by atoms with van der Waals surface area (Å²) in [6.07, 6.45) is 3.15. The fourth-order valence-corrected chi connectivity index (χ4v) is 5.91. The maximum absolute atomic E-state index is 13.2. The SMILES string of the molecule is Cc1cc(C(=O)Nc2cc(C(F)(F)F)ccn2)ccc1C1=NC(C2CCCN(C(=O)C3(C)COC3)C2)=C2C=NC=C[N+]12N. The molecule has 5 heterocycles. The van der Waals surface area contributed by atoms with E-state index in [2.05, 4.69) is 15.3 Å². The van der Waals surface area contributed by atoms with Crippen LogP contribution in [0.1, 0.15) is 46.8 Å². The molecule has 224 valence electrons. The third kappa shape index (κ3) is 5.17. The Bertz CT molecular complexity index is 1630. The summed E-state index contributed by atoms with van der Waals surface area (Å²) in [5, 5.41) is 2.44. The van der Waals surface area contributed by atoms with Crippen LogP contribution in [-0.4, -0.2) is 64.6 Å². The number of rotatable bonds is 5. The zero-order valence-electron chi connectivity index (χ0n) is 23.7. The number of amides is 2. The topological polar surface area (TPSA) is 122 Å². The number of amidine groups is 1. The largest absolute Gasteiger partial charge is 0.416 e. The number of benzene rings is 1. The summed E-state index contributed by atoms with van der Waals surface area (Å²) in [5.74, 6) is 6.72. The first-order valence-corrected chi connectivity index (χ1v) is 13.9. The first-order chi connectivity index (χ1) is 20.4. The highest BCUT2D eigenvalue weighted by Gasteiger charge is 2.49. The Morgan fingerprint density at radius 3 is 2.70 bits per heavy atom. The van der Waals surface area contributed by atoms with Crippen LogP contribution >= 0.6 is 0 Å². The fourth-order valence-electron chi connectivity index (χ4n) is 5.91. The molecule has 0 saturated carbocycles. The van der Waals surface area contributed by atoms with Crippen LogP contribution < -0.4 is 11.2 Å². The molecule has 0 spiro atoms. The number of carbonyl (C=O) groups is 2. The highest BCUT2D eigenvalue weighted by molar-refractivity contribution is 6.06. The van der Waals surface area contributed by atoms with Crippen LogP contribution in [0.15, 0.2) is 70.3 Å². The molecule has 2 amide bonds. The second-order valence-corrected chi connectivity index (χ2v) is 11.6. The highest BCUT2D eigenvalue weighted by Crippen LogP contribution is 2.39. The van der Waals surface area contributed by atoms with E-state index in [9.17, 15) is 22.8 Å². The van der Waals surface area contributed by atoms with Gasteiger partial charge in [0, 0.05) is 30.8 Å². The van der Waals surface area contributed by atoms with Crippen molar-refractivity contribution in [1.29, 1.82) is 0 Å². The van der Waals surface area contributed by atoms with E-state index in [0.717, 1.165) is 36.9 Å². The predicted octanol–water partition coefficient (Wildman–Crippen LogP) is 4.15. The van der Waals surface area contributed by atoms with Gasteiger partial charge in [0.25, 0.3) is 11.7 Å². The van der Waals surface area contributed by atoms with Crippen LogP contribution in [0.5, 0.6) is 0 Å². The van der Waals surface area contributed by atoms with Gasteiger partial charge in [-0.1, -0.05) is 0 Å². The number of aliphatic imine (C=N–C) groups is 2. The summed E-state index contributed by atoms with van der Waals surface area (Å²) in [6, 6.07) is 6.55. The van der Waals surface area contributed by atoms with Crippen molar-refractivity contribution in [2.45, 2.75) is 32.9 Å². The molecule has 0 aliphatic carbocycles. The molecule has 2 saturated heterocycles. The number of nitrogens with two attached hydrogens (primary N) is 1. The summed E-state index contributed by atoms with van der Waals surface area (Å²) in [5.41, 5.74) is 1.72. The number of halogens is 3. The van der Waals surface area contributed by atoms with Crippen molar-refractivity contribution in [3.8, 4) is 0 Å². The van der Waals surface area contributed by atoms with Gasteiger partial charge < -0.3 is 15.0 Å². The van der Waals surface area contributed by atoms with Gasteiger partial charge in [-0.15, -0.1) is 4.59 Å². The molecule has 4 aliphatic rings. The molecule has 2 unspecified atom stereocenters. The van der Waals surface area contributed by atoms with Crippen molar-refractivity contribution in [3.63, 3.8) is 0 Å². The van der Waals surface area contributed by atoms with Crippen molar-refractivity contribution in [3.05, 3.63) is 82.6 Å². The summed E-state index contributed by atoms with van der Waals surface area (Å²) < 4.78 is 44.4. The number of aryl methyl sites for hydroxylation is 1. The Morgan fingerprint density at radius 1 is 1.21 bits per heavy atom. The van der Waals surface area contributed by atoms with Gasteiger partial charge in [0.1, 0.15) is 17.7 Å². The van der Waals surface area contributed by atoms with E-state index >= 15 is 0 Å². The summed E-state index contributed by atoms with van der Waals surface area (Å²) >= 11 is 0. The minimum Gasteiger partial charge on any atom is -0.379 e. The molecule has 2 atom stereocenters. The number of pyridine rings is 1. The maximum atomic E-state index is 13.2. The Labute approximate surface area is 246 Å². The minimum atomic E-state index is -4.56. The Balaban J connectivity index is 1.26. The molecular weight excluding hydrogens is 563 g/mol. The van der Waals surface area contributed by atoms with Crippen molar-refractivity contribution >= 4 is 29.7 Å². The summed E-state index contributed by atoms with van der Waals surface area (Å²) in [6.45, 7) is 5.79. The van der Waals surface area contributed by atoms with Gasteiger partial charge in [0.2, 0.25) is 11.6 Å². The van der Waals surface area contributed by atoms with Crippen molar-refractivity contribution in [2.75, 3.05) is 31.6 Å². The van der Waals surface area contributed by atoms with Gasteiger partial charge in [-0.25, -0.2) is 4.98 Å². The fraction of sp³-hybridized carbons (Fsp3) is 0.367. The second kappa shape index (κ2) is 10.5. The van der Waals surface area contributed by atoms with Gasteiger partial charge in [-0.3, -0.25) is 14.6 Å². The van der Waals surface area contributed by atoms with Crippen LogP contribution in [-0.2, 0) is 15.7 Å². The van der Waals surface area contributed by atoms with E-state index in [0.29, 0.717) is 49.0 Å². The van der Waals surface area contributed by atoms with Crippen LogP contribution in [0.3, 0.4) is 0 Å². The van der Waals surface area contributed by atoms with Gasteiger partial charge in [0.05, 0.1) is 42.2 Å². The lowest BCUT2D eigenvalue weighted by atomic mass is 9.85. The van der Waals surface area contributed by atoms with Crippen LogP contribution in [0, 0.1) is 18.3 Å². The minimum absolute atomic E-state index is 0.0425. The number of alkyl halides is 3. The van der Waals surface area contributed by atoms with Crippen LogP contribution in [0.4, 0.5) is 19.0 Å². The van der Waals surface area contributed by atoms with E-state index in [1.54, 1.807) is 36.8 Å². The van der Waals surface area contributed by atoms with Crippen molar-refractivity contribution < 1.29 is 32.1 Å². The third-order valence-electron chi connectivity index (χ3n) is 8.33.